The molecule has 1 aromatic rings. The number of nitrogens with one attached hydrogen (secondary N) is 1. The molecule has 1 atom stereocenters. The number of halogens is 1. The zero-order valence-electron chi connectivity index (χ0n) is 16.4. The molecule has 0 aromatic heterocycles. The lowest BCUT2D eigenvalue weighted by Crippen LogP contribution is -2.53. The minimum atomic E-state index is 0. The van der Waals surface area contributed by atoms with E-state index in [-0.39, 0.29) is 24.0 Å². The van der Waals surface area contributed by atoms with E-state index in [4.69, 9.17) is 4.99 Å². The van der Waals surface area contributed by atoms with Crippen LogP contribution in [0.1, 0.15) is 19.8 Å². The third-order valence-electron chi connectivity index (χ3n) is 5.29. The first kappa shape index (κ1) is 21.3. The van der Waals surface area contributed by atoms with E-state index in [1.54, 1.807) is 0 Å². The maximum Gasteiger partial charge on any atom is 0.194 e. The van der Waals surface area contributed by atoms with Crippen LogP contribution in [-0.4, -0.2) is 75.2 Å². The van der Waals surface area contributed by atoms with E-state index >= 15 is 0 Å². The second-order valence-electron chi connectivity index (χ2n) is 7.37. The van der Waals surface area contributed by atoms with Crippen LogP contribution in [-0.2, 0) is 0 Å². The number of hydrogen-bond acceptors (Lipinski definition) is 3. The van der Waals surface area contributed by atoms with Crippen molar-refractivity contribution in [1.82, 2.24) is 15.1 Å². The fourth-order valence-electron chi connectivity index (χ4n) is 3.64. The zero-order chi connectivity index (χ0) is 17.6. The first-order valence-electron chi connectivity index (χ1n) is 9.68. The second-order valence-corrected chi connectivity index (χ2v) is 7.37. The number of benzene rings is 1. The standard InChI is InChI=1S/C20H33N5.HI/c1-4-21-20(22-16-19(23(2)3)17-10-11-17)25-14-12-24(13-15-25)18-8-6-5-7-9-18;/h5-9,17,19H,4,10-16H2,1-3H3,(H,21,22);1H. The summed E-state index contributed by atoms with van der Waals surface area (Å²) in [7, 11) is 4.37. The Labute approximate surface area is 175 Å². The van der Waals surface area contributed by atoms with Crippen LogP contribution in [0.3, 0.4) is 0 Å². The average molecular weight is 471 g/mol. The van der Waals surface area contributed by atoms with Gasteiger partial charge in [-0.05, 0) is 51.9 Å². The summed E-state index contributed by atoms with van der Waals surface area (Å²) >= 11 is 0. The quantitative estimate of drug-likeness (QED) is 0.393. The summed E-state index contributed by atoms with van der Waals surface area (Å²) in [5, 5.41) is 3.50. The Morgan fingerprint density at radius 2 is 1.81 bits per heavy atom. The highest BCUT2D eigenvalue weighted by Crippen LogP contribution is 2.34. The van der Waals surface area contributed by atoms with Crippen molar-refractivity contribution in [1.29, 1.82) is 0 Å². The molecule has 1 unspecified atom stereocenters. The van der Waals surface area contributed by atoms with Crippen LogP contribution in [0.2, 0.25) is 0 Å². The van der Waals surface area contributed by atoms with E-state index < -0.39 is 0 Å². The van der Waals surface area contributed by atoms with Crippen molar-refractivity contribution in [3.8, 4) is 0 Å². The zero-order valence-corrected chi connectivity index (χ0v) is 18.7. The van der Waals surface area contributed by atoms with E-state index in [0.29, 0.717) is 6.04 Å². The number of para-hydroxylation sites is 1. The average Bonchev–Trinajstić information content (AvgIpc) is 3.47. The molecule has 5 nitrogen and oxygen atoms in total. The molecular formula is C20H34IN5. The van der Waals surface area contributed by atoms with Gasteiger partial charge in [-0.25, -0.2) is 0 Å². The van der Waals surface area contributed by atoms with Gasteiger partial charge in [-0.3, -0.25) is 4.99 Å². The maximum absolute atomic E-state index is 4.99. The van der Waals surface area contributed by atoms with Gasteiger partial charge in [0.1, 0.15) is 0 Å². The van der Waals surface area contributed by atoms with Gasteiger partial charge >= 0.3 is 0 Å². The third-order valence-corrected chi connectivity index (χ3v) is 5.29. The maximum atomic E-state index is 4.99. The molecule has 0 radical (unpaired) electrons. The van der Waals surface area contributed by atoms with E-state index in [2.05, 4.69) is 71.4 Å². The molecule has 146 valence electrons. The molecule has 2 fully saturated rings. The van der Waals surface area contributed by atoms with E-state index in [1.165, 1.54) is 18.5 Å². The lowest BCUT2D eigenvalue weighted by molar-refractivity contribution is 0.269. The Bertz CT molecular complexity index is 549. The highest BCUT2D eigenvalue weighted by Gasteiger charge is 2.32. The van der Waals surface area contributed by atoms with E-state index in [9.17, 15) is 0 Å². The van der Waals surface area contributed by atoms with Crippen molar-refractivity contribution in [3.05, 3.63) is 30.3 Å². The van der Waals surface area contributed by atoms with Crippen LogP contribution in [0.15, 0.2) is 35.3 Å². The van der Waals surface area contributed by atoms with Crippen LogP contribution in [0.25, 0.3) is 0 Å². The first-order valence-corrected chi connectivity index (χ1v) is 9.68. The number of guanidine groups is 1. The van der Waals surface area contributed by atoms with Crippen molar-refractivity contribution in [2.45, 2.75) is 25.8 Å². The van der Waals surface area contributed by atoms with Gasteiger partial charge in [0.15, 0.2) is 5.96 Å². The Balaban J connectivity index is 0.00000243. The smallest absolute Gasteiger partial charge is 0.194 e. The van der Waals surface area contributed by atoms with Crippen molar-refractivity contribution in [2.75, 3.05) is 58.3 Å². The number of anilines is 1. The highest BCUT2D eigenvalue weighted by molar-refractivity contribution is 14.0. The van der Waals surface area contributed by atoms with Crippen molar-refractivity contribution >= 4 is 35.6 Å². The summed E-state index contributed by atoms with van der Waals surface area (Å²) in [5.41, 5.74) is 1.32. The molecule has 1 saturated heterocycles. The molecule has 2 aliphatic rings. The number of aliphatic imine (C=N–C) groups is 1. The Hall–Kier alpha value is -1.02. The van der Waals surface area contributed by atoms with Crippen molar-refractivity contribution in [2.24, 2.45) is 10.9 Å². The van der Waals surface area contributed by atoms with E-state index in [1.807, 2.05) is 0 Å². The van der Waals surface area contributed by atoms with Gasteiger partial charge < -0.3 is 20.0 Å². The number of nitrogens with zero attached hydrogens (tertiary/aromatic N) is 4. The summed E-state index contributed by atoms with van der Waals surface area (Å²) < 4.78 is 0. The molecule has 0 bridgehead atoms. The first-order chi connectivity index (χ1) is 12.2. The number of hydrogen-bond donors (Lipinski definition) is 1. The number of rotatable bonds is 6. The fraction of sp³-hybridized carbons (Fsp3) is 0.650. The molecule has 0 spiro atoms. The van der Waals surface area contributed by atoms with Crippen LogP contribution < -0.4 is 10.2 Å². The summed E-state index contributed by atoms with van der Waals surface area (Å²) in [6.07, 6.45) is 2.73. The molecule has 0 amide bonds. The van der Waals surface area contributed by atoms with Crippen LogP contribution >= 0.6 is 24.0 Å². The Kier molecular flexibility index (Phi) is 8.47. The van der Waals surface area contributed by atoms with Gasteiger partial charge in [-0.2, -0.15) is 0 Å². The highest BCUT2D eigenvalue weighted by atomic mass is 127. The number of piperazine rings is 1. The van der Waals surface area contributed by atoms with E-state index in [0.717, 1.165) is 51.1 Å². The summed E-state index contributed by atoms with van der Waals surface area (Å²) in [4.78, 5) is 12.2. The molecular weight excluding hydrogens is 437 g/mol. The van der Waals surface area contributed by atoms with Crippen LogP contribution in [0.4, 0.5) is 5.69 Å². The predicted molar refractivity (Wildman–Crippen MR) is 122 cm³/mol. The Morgan fingerprint density at radius 1 is 1.15 bits per heavy atom. The number of likely N-dealkylation sites (N-methyl/N-ethyl adjacent to an activating group) is 1. The molecule has 1 saturated carbocycles. The van der Waals surface area contributed by atoms with Gasteiger partial charge in [-0.15, -0.1) is 24.0 Å². The molecule has 3 rings (SSSR count). The molecule has 1 heterocycles. The van der Waals surface area contributed by atoms with Crippen molar-refractivity contribution in [3.63, 3.8) is 0 Å². The summed E-state index contributed by atoms with van der Waals surface area (Å²) in [6, 6.07) is 11.3. The third kappa shape index (κ3) is 5.74. The molecule has 6 heteroatoms. The fourth-order valence-corrected chi connectivity index (χ4v) is 3.64. The van der Waals surface area contributed by atoms with Gasteiger partial charge in [0.25, 0.3) is 0 Å². The lowest BCUT2D eigenvalue weighted by Gasteiger charge is -2.38. The monoisotopic (exact) mass is 471 g/mol. The topological polar surface area (TPSA) is 34.1 Å². The largest absolute Gasteiger partial charge is 0.368 e. The molecule has 1 aliphatic heterocycles. The minimum absolute atomic E-state index is 0. The van der Waals surface area contributed by atoms with Gasteiger partial charge in [0, 0.05) is 44.5 Å². The molecule has 26 heavy (non-hydrogen) atoms. The minimum Gasteiger partial charge on any atom is -0.368 e. The second kappa shape index (κ2) is 10.3. The SMILES string of the molecule is CCNC(=NCC(C1CC1)N(C)C)N1CCN(c2ccccc2)CC1.I. The van der Waals surface area contributed by atoms with Gasteiger partial charge in [-0.1, -0.05) is 18.2 Å². The lowest BCUT2D eigenvalue weighted by atomic mass is 10.2. The van der Waals surface area contributed by atoms with Crippen molar-refractivity contribution < 1.29 is 0 Å². The molecule has 1 aromatic carbocycles. The van der Waals surface area contributed by atoms with Gasteiger partial charge in [0.2, 0.25) is 0 Å². The normalized spacial score (nSPS) is 19.3. The predicted octanol–water partition coefficient (Wildman–Crippen LogP) is 2.73. The Morgan fingerprint density at radius 3 is 2.35 bits per heavy atom. The summed E-state index contributed by atoms with van der Waals surface area (Å²) in [5.74, 6) is 1.93. The van der Waals surface area contributed by atoms with Crippen LogP contribution in [0.5, 0.6) is 0 Å². The van der Waals surface area contributed by atoms with Gasteiger partial charge in [0.05, 0.1) is 6.54 Å². The van der Waals surface area contributed by atoms with Crippen LogP contribution in [0, 0.1) is 5.92 Å². The molecule has 1 aliphatic carbocycles. The summed E-state index contributed by atoms with van der Waals surface area (Å²) in [6.45, 7) is 8.13. The molecule has 1 N–H and O–H groups in total.